The van der Waals surface area contributed by atoms with Crippen molar-refractivity contribution in [2.24, 2.45) is 0 Å². The predicted molar refractivity (Wildman–Crippen MR) is 89.1 cm³/mol. The van der Waals surface area contributed by atoms with E-state index in [1.807, 2.05) is 36.4 Å². The van der Waals surface area contributed by atoms with E-state index in [1.165, 1.54) is 0 Å². The largest absolute Gasteiger partial charge is 0.508 e. The molecule has 0 bridgehead atoms. The summed E-state index contributed by atoms with van der Waals surface area (Å²) in [6.45, 7) is 0. The van der Waals surface area contributed by atoms with Crippen molar-refractivity contribution in [3.63, 3.8) is 0 Å². The number of phenols is 1. The van der Waals surface area contributed by atoms with Crippen LogP contribution in [0.2, 0.25) is 5.02 Å². The van der Waals surface area contributed by atoms with E-state index >= 15 is 0 Å². The van der Waals surface area contributed by atoms with E-state index in [0.717, 1.165) is 16.8 Å². The van der Waals surface area contributed by atoms with Gasteiger partial charge < -0.3 is 15.7 Å². The molecule has 1 atom stereocenters. The minimum Gasteiger partial charge on any atom is -0.508 e. The van der Waals surface area contributed by atoms with Gasteiger partial charge in [-0.05, 0) is 53.7 Å². The molecule has 0 amide bonds. The average molecular weight is 317 g/mol. The van der Waals surface area contributed by atoms with Gasteiger partial charge in [0.1, 0.15) is 5.75 Å². The molecule has 3 nitrogen and oxygen atoms in total. The number of thiocarbonyl (C=S) groups is 1. The van der Waals surface area contributed by atoms with Gasteiger partial charge in [-0.15, -0.1) is 0 Å². The van der Waals surface area contributed by atoms with Crippen LogP contribution in [0.4, 0.5) is 0 Å². The highest BCUT2D eigenvalue weighted by Crippen LogP contribution is 2.25. The lowest BCUT2D eigenvalue weighted by Gasteiger charge is -2.26. The van der Waals surface area contributed by atoms with E-state index in [4.69, 9.17) is 23.8 Å². The first-order valence-corrected chi connectivity index (χ1v) is 7.25. The molecule has 1 aliphatic heterocycles. The number of aromatic hydroxyl groups is 1. The first-order valence-electron chi connectivity index (χ1n) is 6.46. The van der Waals surface area contributed by atoms with Gasteiger partial charge >= 0.3 is 0 Å². The van der Waals surface area contributed by atoms with Gasteiger partial charge in [-0.1, -0.05) is 35.9 Å². The van der Waals surface area contributed by atoms with Gasteiger partial charge in [-0.2, -0.15) is 0 Å². The first-order chi connectivity index (χ1) is 10.1. The lowest BCUT2D eigenvalue weighted by Crippen LogP contribution is -2.40. The molecule has 0 fully saturated rings. The third-order valence-corrected chi connectivity index (χ3v) is 3.75. The molecule has 3 rings (SSSR count). The maximum atomic E-state index is 9.38. The lowest BCUT2D eigenvalue weighted by molar-refractivity contribution is 0.475. The molecule has 5 heteroatoms. The van der Waals surface area contributed by atoms with E-state index in [9.17, 15) is 5.11 Å². The van der Waals surface area contributed by atoms with Crippen LogP contribution in [0.5, 0.6) is 5.75 Å². The molecule has 2 aromatic rings. The summed E-state index contributed by atoms with van der Waals surface area (Å²) in [5.74, 6) is 0.247. The van der Waals surface area contributed by atoms with Crippen molar-refractivity contribution in [2.45, 2.75) is 6.04 Å². The SMILES string of the molecule is Oc1ccc(C2C=C(c3ccc(Cl)cc3)NC(=S)N2)cc1. The summed E-state index contributed by atoms with van der Waals surface area (Å²) in [6, 6.07) is 14.6. The van der Waals surface area contributed by atoms with E-state index in [0.29, 0.717) is 10.1 Å². The molecule has 0 saturated carbocycles. The Morgan fingerprint density at radius 1 is 1.00 bits per heavy atom. The number of halogens is 1. The van der Waals surface area contributed by atoms with E-state index in [2.05, 4.69) is 16.7 Å². The smallest absolute Gasteiger partial charge is 0.171 e. The van der Waals surface area contributed by atoms with Crippen molar-refractivity contribution in [1.29, 1.82) is 0 Å². The molecule has 0 aliphatic carbocycles. The minimum atomic E-state index is -0.0370. The van der Waals surface area contributed by atoms with E-state index in [1.54, 1.807) is 12.1 Å². The van der Waals surface area contributed by atoms with Crippen LogP contribution in [-0.2, 0) is 0 Å². The molecular weight excluding hydrogens is 304 g/mol. The Morgan fingerprint density at radius 2 is 1.67 bits per heavy atom. The summed E-state index contributed by atoms with van der Waals surface area (Å²) in [5, 5.41) is 17.0. The van der Waals surface area contributed by atoms with E-state index in [-0.39, 0.29) is 11.8 Å². The van der Waals surface area contributed by atoms with Crippen LogP contribution >= 0.6 is 23.8 Å². The maximum absolute atomic E-state index is 9.38. The van der Waals surface area contributed by atoms with Crippen molar-refractivity contribution in [3.05, 3.63) is 70.8 Å². The van der Waals surface area contributed by atoms with Crippen LogP contribution in [0.1, 0.15) is 17.2 Å². The molecule has 0 aromatic heterocycles. The number of hydrogen-bond acceptors (Lipinski definition) is 2. The standard InChI is InChI=1S/C16H13ClN2OS/c17-12-5-1-10(2-6-12)14-9-15(19-16(21)18-14)11-3-7-13(20)8-4-11/h1-9,15,20H,(H2,18,19,21). The fourth-order valence-electron chi connectivity index (χ4n) is 2.21. The molecule has 0 spiro atoms. The van der Waals surface area contributed by atoms with Crippen molar-refractivity contribution in [1.82, 2.24) is 10.6 Å². The highest BCUT2D eigenvalue weighted by atomic mass is 35.5. The molecule has 1 aliphatic rings. The van der Waals surface area contributed by atoms with Crippen LogP contribution in [0.3, 0.4) is 0 Å². The van der Waals surface area contributed by atoms with Gasteiger partial charge in [0, 0.05) is 10.7 Å². The summed E-state index contributed by atoms with van der Waals surface area (Å²) in [4.78, 5) is 0. The van der Waals surface area contributed by atoms with Crippen LogP contribution in [0, 0.1) is 0 Å². The zero-order chi connectivity index (χ0) is 14.8. The Balaban J connectivity index is 1.95. The number of phenolic OH excluding ortho intramolecular Hbond substituents is 1. The summed E-state index contributed by atoms with van der Waals surface area (Å²) in [6.07, 6.45) is 2.06. The first kappa shape index (κ1) is 13.9. The van der Waals surface area contributed by atoms with Gasteiger partial charge in [0.05, 0.1) is 6.04 Å². The lowest BCUT2D eigenvalue weighted by atomic mass is 10.0. The van der Waals surface area contributed by atoms with Gasteiger partial charge in [0.2, 0.25) is 0 Å². The maximum Gasteiger partial charge on any atom is 0.171 e. The predicted octanol–water partition coefficient (Wildman–Crippen LogP) is 3.61. The summed E-state index contributed by atoms with van der Waals surface area (Å²) in [7, 11) is 0. The fourth-order valence-corrected chi connectivity index (χ4v) is 2.57. The zero-order valence-electron chi connectivity index (χ0n) is 11.0. The molecule has 2 aromatic carbocycles. The van der Waals surface area contributed by atoms with Crippen LogP contribution in [-0.4, -0.2) is 10.2 Å². The van der Waals surface area contributed by atoms with Crippen molar-refractivity contribution in [3.8, 4) is 5.75 Å². The second-order valence-corrected chi connectivity index (χ2v) is 5.60. The molecule has 1 unspecified atom stereocenters. The molecule has 0 saturated heterocycles. The van der Waals surface area contributed by atoms with Gasteiger partial charge in [-0.3, -0.25) is 0 Å². The van der Waals surface area contributed by atoms with Gasteiger partial charge in [0.15, 0.2) is 5.11 Å². The van der Waals surface area contributed by atoms with Crippen molar-refractivity contribution >= 4 is 34.6 Å². The van der Waals surface area contributed by atoms with Crippen LogP contribution in [0.15, 0.2) is 54.6 Å². The molecule has 0 radical (unpaired) electrons. The summed E-state index contributed by atoms with van der Waals surface area (Å²) >= 11 is 11.2. The number of benzene rings is 2. The fraction of sp³-hybridized carbons (Fsp3) is 0.0625. The van der Waals surface area contributed by atoms with Crippen LogP contribution < -0.4 is 10.6 Å². The van der Waals surface area contributed by atoms with E-state index < -0.39 is 0 Å². The second kappa shape index (κ2) is 5.76. The Hall–Kier alpha value is -2.04. The molecule has 106 valence electrons. The Labute approximate surface area is 133 Å². The quantitative estimate of drug-likeness (QED) is 0.741. The molecule has 21 heavy (non-hydrogen) atoms. The molecular formula is C16H13ClN2OS. The Bertz CT molecular complexity index is 695. The number of nitrogens with one attached hydrogen (secondary N) is 2. The second-order valence-electron chi connectivity index (χ2n) is 4.75. The summed E-state index contributed by atoms with van der Waals surface area (Å²) < 4.78 is 0. The average Bonchev–Trinajstić information content (AvgIpc) is 2.48. The zero-order valence-corrected chi connectivity index (χ0v) is 12.6. The van der Waals surface area contributed by atoms with Crippen molar-refractivity contribution in [2.75, 3.05) is 0 Å². The topological polar surface area (TPSA) is 44.3 Å². The third kappa shape index (κ3) is 3.17. The van der Waals surface area contributed by atoms with Crippen molar-refractivity contribution < 1.29 is 5.11 Å². The normalized spacial score (nSPS) is 17.7. The molecule has 3 N–H and O–H groups in total. The Morgan fingerprint density at radius 3 is 2.33 bits per heavy atom. The third-order valence-electron chi connectivity index (χ3n) is 3.28. The van der Waals surface area contributed by atoms with Gasteiger partial charge in [-0.25, -0.2) is 0 Å². The highest BCUT2D eigenvalue weighted by molar-refractivity contribution is 7.80. The summed E-state index contributed by atoms with van der Waals surface area (Å²) in [5.41, 5.74) is 2.99. The minimum absolute atomic E-state index is 0.0370. The van der Waals surface area contributed by atoms with Crippen LogP contribution in [0.25, 0.3) is 5.70 Å². The number of rotatable bonds is 2. The monoisotopic (exact) mass is 316 g/mol. The number of hydrogen-bond donors (Lipinski definition) is 3. The Kier molecular flexibility index (Phi) is 3.82. The molecule has 1 heterocycles. The highest BCUT2D eigenvalue weighted by Gasteiger charge is 2.18. The van der Waals surface area contributed by atoms with Gasteiger partial charge in [0.25, 0.3) is 0 Å².